The van der Waals surface area contributed by atoms with Crippen molar-refractivity contribution in [3.05, 3.63) is 58.6 Å². The minimum Gasteiger partial charge on any atom is -0.369 e. The molecule has 0 aromatic carbocycles. The molecule has 2 fully saturated rings. The molecular weight excluding hydrogens is 399 g/mol. The van der Waals surface area contributed by atoms with Crippen LogP contribution in [0.5, 0.6) is 0 Å². The standard InChI is InChI=1S/C27H43FN4/c1-7-22(12-13-23(8-2)32-16-14-30(6)15-17-32)25-19-31(20-27(25)29(4)5)18-24-21(3)10-9-11-26(24)28/h7-8,11-13,25,27H,9-10,14-20H2,1-6H3/b13-12-,22-7+,23-8+. The molecule has 32 heavy (non-hydrogen) atoms. The molecule has 2 aliphatic heterocycles. The maximum Gasteiger partial charge on any atom is 0.123 e. The Morgan fingerprint density at radius 2 is 1.81 bits per heavy atom. The van der Waals surface area contributed by atoms with Crippen LogP contribution in [-0.2, 0) is 0 Å². The number of hydrogen-bond donors (Lipinski definition) is 0. The van der Waals surface area contributed by atoms with Crippen LogP contribution < -0.4 is 0 Å². The van der Waals surface area contributed by atoms with Crippen molar-refractivity contribution in [2.45, 2.75) is 39.7 Å². The molecule has 0 spiro atoms. The number of allylic oxidation sites excluding steroid dienone is 6. The van der Waals surface area contributed by atoms with Gasteiger partial charge in [0.25, 0.3) is 0 Å². The van der Waals surface area contributed by atoms with Crippen molar-refractivity contribution in [1.82, 2.24) is 19.6 Å². The zero-order valence-corrected chi connectivity index (χ0v) is 21.1. The van der Waals surface area contributed by atoms with Gasteiger partial charge in [-0.2, -0.15) is 0 Å². The Bertz CT molecular complexity index is 796. The van der Waals surface area contributed by atoms with Gasteiger partial charge in [0.05, 0.1) is 0 Å². The van der Waals surface area contributed by atoms with E-state index in [0.29, 0.717) is 12.0 Å². The Hall–Kier alpha value is -1.69. The van der Waals surface area contributed by atoms with E-state index >= 15 is 0 Å². The number of rotatable bonds is 7. The fourth-order valence-corrected chi connectivity index (χ4v) is 5.24. The fourth-order valence-electron chi connectivity index (χ4n) is 5.24. The highest BCUT2D eigenvalue weighted by Crippen LogP contribution is 2.32. The monoisotopic (exact) mass is 442 g/mol. The molecule has 0 radical (unpaired) electrons. The maximum atomic E-state index is 14.5. The van der Waals surface area contributed by atoms with Crippen LogP contribution in [0.1, 0.15) is 33.6 Å². The van der Waals surface area contributed by atoms with E-state index in [1.54, 1.807) is 6.08 Å². The Kier molecular flexibility index (Phi) is 8.92. The minimum absolute atomic E-state index is 0.00495. The number of piperazine rings is 1. The summed E-state index contributed by atoms with van der Waals surface area (Å²) < 4.78 is 14.5. The molecule has 0 amide bonds. The van der Waals surface area contributed by atoms with Crippen LogP contribution in [0.3, 0.4) is 0 Å². The Morgan fingerprint density at radius 3 is 2.41 bits per heavy atom. The lowest BCUT2D eigenvalue weighted by atomic mass is 9.92. The molecule has 0 N–H and O–H groups in total. The number of nitrogens with zero attached hydrogens (tertiary/aromatic N) is 4. The molecule has 2 heterocycles. The highest BCUT2D eigenvalue weighted by atomic mass is 19.1. The molecule has 0 aromatic rings. The summed E-state index contributed by atoms with van der Waals surface area (Å²) in [4.78, 5) is 9.66. The zero-order valence-electron chi connectivity index (χ0n) is 21.1. The molecule has 0 saturated carbocycles. The highest BCUT2D eigenvalue weighted by Gasteiger charge is 2.36. The Labute approximate surface area is 195 Å². The summed E-state index contributed by atoms with van der Waals surface area (Å²) in [5.41, 5.74) is 4.82. The smallest absolute Gasteiger partial charge is 0.123 e. The molecule has 3 aliphatic rings. The summed E-state index contributed by atoms with van der Waals surface area (Å²) in [6, 6.07) is 0.431. The maximum absolute atomic E-state index is 14.5. The summed E-state index contributed by atoms with van der Waals surface area (Å²) in [5.74, 6) is 0.419. The van der Waals surface area contributed by atoms with E-state index in [1.807, 2.05) is 0 Å². The third-order valence-corrected chi connectivity index (χ3v) is 7.43. The van der Waals surface area contributed by atoms with Crippen molar-refractivity contribution in [2.24, 2.45) is 5.92 Å². The second-order valence-electron chi connectivity index (χ2n) is 9.81. The normalized spacial score (nSPS) is 27.2. The topological polar surface area (TPSA) is 13.0 Å². The predicted octanol–water partition coefficient (Wildman–Crippen LogP) is 4.47. The van der Waals surface area contributed by atoms with E-state index in [4.69, 9.17) is 0 Å². The molecule has 2 atom stereocenters. The first kappa shape index (κ1) is 24.9. The molecule has 5 heteroatoms. The average Bonchev–Trinajstić information content (AvgIpc) is 3.19. The Morgan fingerprint density at radius 1 is 1.09 bits per heavy atom. The van der Waals surface area contributed by atoms with Gasteiger partial charge in [-0.25, -0.2) is 4.39 Å². The minimum atomic E-state index is -0.00495. The summed E-state index contributed by atoms with van der Waals surface area (Å²) >= 11 is 0. The molecule has 1 aliphatic carbocycles. The van der Waals surface area contributed by atoms with Crippen LogP contribution in [0.15, 0.2) is 58.6 Å². The summed E-state index contributed by atoms with van der Waals surface area (Å²) in [5, 5.41) is 0. The summed E-state index contributed by atoms with van der Waals surface area (Å²) in [7, 11) is 6.54. The zero-order chi connectivity index (χ0) is 23.3. The summed E-state index contributed by atoms with van der Waals surface area (Å²) in [6.07, 6.45) is 12.7. The van der Waals surface area contributed by atoms with Gasteiger partial charge < -0.3 is 14.7 Å². The van der Waals surface area contributed by atoms with E-state index in [2.05, 4.69) is 85.8 Å². The van der Waals surface area contributed by atoms with Gasteiger partial charge in [-0.1, -0.05) is 23.8 Å². The van der Waals surface area contributed by atoms with E-state index in [-0.39, 0.29) is 5.83 Å². The number of hydrogen-bond acceptors (Lipinski definition) is 4. The van der Waals surface area contributed by atoms with E-state index < -0.39 is 0 Å². The lowest BCUT2D eigenvalue weighted by Crippen LogP contribution is -2.43. The number of likely N-dealkylation sites (tertiary alicyclic amines) is 1. The first-order valence-electron chi connectivity index (χ1n) is 12.2. The van der Waals surface area contributed by atoms with Gasteiger partial charge in [-0.05, 0) is 72.5 Å². The molecule has 2 unspecified atom stereocenters. The lowest BCUT2D eigenvalue weighted by Gasteiger charge is -2.34. The van der Waals surface area contributed by atoms with Gasteiger partial charge in [0.15, 0.2) is 0 Å². The van der Waals surface area contributed by atoms with Crippen LogP contribution in [0.25, 0.3) is 0 Å². The third kappa shape index (κ3) is 6.00. The van der Waals surface area contributed by atoms with Crippen LogP contribution in [-0.4, -0.2) is 92.6 Å². The number of halogens is 1. The molecule has 2 saturated heterocycles. The molecule has 178 valence electrons. The van der Waals surface area contributed by atoms with Gasteiger partial charge in [0.1, 0.15) is 5.83 Å². The van der Waals surface area contributed by atoms with Crippen LogP contribution >= 0.6 is 0 Å². The predicted molar refractivity (Wildman–Crippen MR) is 134 cm³/mol. The van der Waals surface area contributed by atoms with Gasteiger partial charge in [0.2, 0.25) is 0 Å². The van der Waals surface area contributed by atoms with E-state index in [9.17, 15) is 4.39 Å². The van der Waals surface area contributed by atoms with Crippen LogP contribution in [0.4, 0.5) is 4.39 Å². The van der Waals surface area contributed by atoms with Gasteiger partial charge in [0, 0.05) is 69.0 Å². The van der Waals surface area contributed by atoms with Gasteiger partial charge >= 0.3 is 0 Å². The second-order valence-corrected chi connectivity index (χ2v) is 9.81. The van der Waals surface area contributed by atoms with Gasteiger partial charge in [-0.3, -0.25) is 4.90 Å². The van der Waals surface area contributed by atoms with Crippen molar-refractivity contribution >= 4 is 0 Å². The number of likely N-dealkylation sites (N-methyl/N-ethyl adjacent to an activating group) is 2. The van der Waals surface area contributed by atoms with Crippen molar-refractivity contribution in [3.63, 3.8) is 0 Å². The molecule has 0 bridgehead atoms. The van der Waals surface area contributed by atoms with Crippen LogP contribution in [0, 0.1) is 5.92 Å². The van der Waals surface area contributed by atoms with Crippen molar-refractivity contribution in [1.29, 1.82) is 0 Å². The van der Waals surface area contributed by atoms with E-state index in [1.165, 1.54) is 16.8 Å². The van der Waals surface area contributed by atoms with E-state index in [0.717, 1.165) is 64.2 Å². The largest absolute Gasteiger partial charge is 0.369 e. The van der Waals surface area contributed by atoms with Crippen molar-refractivity contribution in [3.8, 4) is 0 Å². The quantitative estimate of drug-likeness (QED) is 0.540. The summed E-state index contributed by atoms with van der Waals surface area (Å²) in [6.45, 7) is 13.4. The first-order valence-corrected chi connectivity index (χ1v) is 12.2. The average molecular weight is 443 g/mol. The molecule has 3 rings (SSSR count). The molecule has 4 nitrogen and oxygen atoms in total. The van der Waals surface area contributed by atoms with Gasteiger partial charge in [-0.15, -0.1) is 0 Å². The molecular formula is C27H43FN4. The lowest BCUT2D eigenvalue weighted by molar-refractivity contribution is 0.190. The SMILES string of the molecule is C\C=C(/C=C\C(=C/C)N1CCN(C)CC1)C1CN(CC2=C(C)CCC=C2F)CC1N(C)C. The first-order chi connectivity index (χ1) is 15.3. The molecule has 0 aromatic heterocycles. The highest BCUT2D eigenvalue weighted by molar-refractivity contribution is 5.36. The Balaban J connectivity index is 1.71. The van der Waals surface area contributed by atoms with Crippen molar-refractivity contribution < 1.29 is 4.39 Å². The fraction of sp³-hybridized carbons (Fsp3) is 0.630. The third-order valence-electron chi connectivity index (χ3n) is 7.43. The van der Waals surface area contributed by atoms with Crippen molar-refractivity contribution in [2.75, 3.05) is 67.0 Å². The van der Waals surface area contributed by atoms with Crippen LogP contribution in [0.2, 0.25) is 0 Å². The second kappa shape index (κ2) is 11.4.